The zero-order valence-corrected chi connectivity index (χ0v) is 12.9. The Morgan fingerprint density at radius 2 is 1.63 bits per heavy atom. The van der Waals surface area contributed by atoms with E-state index in [0.717, 1.165) is 0 Å². The molecule has 0 rings (SSSR count). The van der Waals surface area contributed by atoms with Gasteiger partial charge in [0.25, 0.3) is 0 Å². The molecule has 0 aromatic rings. The first-order valence-corrected chi connectivity index (χ1v) is 6.63. The fourth-order valence-corrected chi connectivity index (χ4v) is 1.89. The highest BCUT2D eigenvalue weighted by Crippen LogP contribution is 2.25. The van der Waals surface area contributed by atoms with Gasteiger partial charge < -0.3 is 15.2 Å². The van der Waals surface area contributed by atoms with Crippen LogP contribution in [-0.4, -0.2) is 31.2 Å². The van der Waals surface area contributed by atoms with Crippen LogP contribution in [0.25, 0.3) is 0 Å². The third-order valence-corrected chi connectivity index (χ3v) is 2.68. The van der Waals surface area contributed by atoms with Crippen molar-refractivity contribution >= 4 is 11.9 Å². The largest absolute Gasteiger partial charge is 0.469 e. The Morgan fingerprint density at radius 3 is 1.95 bits per heavy atom. The van der Waals surface area contributed by atoms with Crippen molar-refractivity contribution in [2.75, 3.05) is 13.7 Å². The molecule has 0 aromatic carbocycles. The van der Waals surface area contributed by atoms with E-state index in [0.29, 0.717) is 6.42 Å². The summed E-state index contributed by atoms with van der Waals surface area (Å²) in [5, 5.41) is 0. The van der Waals surface area contributed by atoms with E-state index in [1.54, 1.807) is 20.8 Å². The van der Waals surface area contributed by atoms with E-state index < -0.39 is 23.4 Å². The van der Waals surface area contributed by atoms with Crippen molar-refractivity contribution in [2.45, 2.75) is 46.6 Å². The predicted octanol–water partition coefficient (Wildman–Crippen LogP) is 1.74. The van der Waals surface area contributed by atoms with Crippen molar-refractivity contribution in [3.05, 3.63) is 0 Å². The molecule has 19 heavy (non-hydrogen) atoms. The molecule has 2 atom stereocenters. The van der Waals surface area contributed by atoms with Gasteiger partial charge in [0.15, 0.2) is 0 Å². The number of esters is 2. The maximum absolute atomic E-state index is 12.2. The highest BCUT2D eigenvalue weighted by molar-refractivity contribution is 5.82. The third-order valence-electron chi connectivity index (χ3n) is 2.68. The molecule has 0 radical (unpaired) electrons. The zero-order chi connectivity index (χ0) is 15.2. The van der Waals surface area contributed by atoms with Gasteiger partial charge in [-0.15, -0.1) is 0 Å². The van der Waals surface area contributed by atoms with Crippen molar-refractivity contribution in [1.29, 1.82) is 0 Å². The van der Waals surface area contributed by atoms with Crippen LogP contribution in [0.5, 0.6) is 0 Å². The Morgan fingerprint density at radius 1 is 1.11 bits per heavy atom. The first-order valence-electron chi connectivity index (χ1n) is 6.63. The highest BCUT2D eigenvalue weighted by atomic mass is 16.6. The standard InChI is InChI=1S/C14H27NO4/c1-9(2)7-10(11(8-15)12(16)18-6)13(17)19-14(3,4)5/h9-11H,7-8,15H2,1-6H3/t10-,11+/m1/s1. The number of hydrogen-bond donors (Lipinski definition) is 1. The first-order chi connectivity index (χ1) is 8.62. The minimum Gasteiger partial charge on any atom is -0.469 e. The summed E-state index contributed by atoms with van der Waals surface area (Å²) in [5.41, 5.74) is 5.04. The molecule has 0 amide bonds. The van der Waals surface area contributed by atoms with Gasteiger partial charge in [-0.3, -0.25) is 9.59 Å². The summed E-state index contributed by atoms with van der Waals surface area (Å²) in [6.45, 7) is 9.44. The normalized spacial score (nSPS) is 14.9. The Labute approximate surface area is 115 Å². The van der Waals surface area contributed by atoms with E-state index >= 15 is 0 Å². The second-order valence-electron chi connectivity index (χ2n) is 6.13. The number of carbonyl (C=O) groups is 2. The van der Waals surface area contributed by atoms with Crippen LogP contribution in [-0.2, 0) is 19.1 Å². The quantitative estimate of drug-likeness (QED) is 0.746. The van der Waals surface area contributed by atoms with Gasteiger partial charge in [-0.05, 0) is 33.1 Å². The van der Waals surface area contributed by atoms with Gasteiger partial charge in [0.1, 0.15) is 5.60 Å². The maximum atomic E-state index is 12.2. The molecule has 0 saturated heterocycles. The van der Waals surface area contributed by atoms with Gasteiger partial charge in [0.05, 0.1) is 18.9 Å². The molecule has 5 nitrogen and oxygen atoms in total. The lowest BCUT2D eigenvalue weighted by Crippen LogP contribution is -2.40. The van der Waals surface area contributed by atoms with Gasteiger partial charge in [-0.1, -0.05) is 13.8 Å². The van der Waals surface area contributed by atoms with Crippen LogP contribution in [0.2, 0.25) is 0 Å². The summed E-state index contributed by atoms with van der Waals surface area (Å²) >= 11 is 0. The van der Waals surface area contributed by atoms with E-state index in [-0.39, 0.29) is 18.4 Å². The van der Waals surface area contributed by atoms with E-state index in [2.05, 4.69) is 0 Å². The lowest BCUT2D eigenvalue weighted by molar-refractivity contribution is -0.168. The molecule has 2 N–H and O–H groups in total. The van der Waals surface area contributed by atoms with Gasteiger partial charge >= 0.3 is 11.9 Å². The summed E-state index contributed by atoms with van der Waals surface area (Å²) in [4.78, 5) is 24.0. The summed E-state index contributed by atoms with van der Waals surface area (Å²) in [6, 6.07) is 0. The number of nitrogens with two attached hydrogens (primary N) is 1. The van der Waals surface area contributed by atoms with Crippen molar-refractivity contribution in [3.63, 3.8) is 0 Å². The lowest BCUT2D eigenvalue weighted by atomic mass is 9.85. The molecule has 0 fully saturated rings. The van der Waals surface area contributed by atoms with Crippen molar-refractivity contribution in [3.8, 4) is 0 Å². The molecule has 5 heteroatoms. The Balaban J connectivity index is 5.07. The molecule has 0 aromatic heterocycles. The molecule has 0 saturated carbocycles. The third kappa shape index (κ3) is 6.57. The summed E-state index contributed by atoms with van der Waals surface area (Å²) in [6.07, 6.45) is 0.548. The molecular formula is C14H27NO4. The van der Waals surface area contributed by atoms with Crippen LogP contribution < -0.4 is 5.73 Å². The second-order valence-corrected chi connectivity index (χ2v) is 6.13. The summed E-state index contributed by atoms with van der Waals surface area (Å²) in [7, 11) is 1.30. The monoisotopic (exact) mass is 273 g/mol. The lowest BCUT2D eigenvalue weighted by Gasteiger charge is -2.28. The number of rotatable bonds is 6. The smallest absolute Gasteiger partial charge is 0.310 e. The SMILES string of the molecule is COC(=O)[C@@H](CN)[C@@H](CC(C)C)C(=O)OC(C)(C)C. The molecule has 0 aliphatic rings. The molecule has 0 aliphatic carbocycles. The Hall–Kier alpha value is -1.10. The van der Waals surface area contributed by atoms with Crippen molar-refractivity contribution in [1.82, 2.24) is 0 Å². The molecule has 112 valence electrons. The topological polar surface area (TPSA) is 78.6 Å². The van der Waals surface area contributed by atoms with Crippen molar-refractivity contribution in [2.24, 2.45) is 23.5 Å². The maximum Gasteiger partial charge on any atom is 0.310 e. The number of ether oxygens (including phenoxy) is 2. The molecular weight excluding hydrogens is 246 g/mol. The van der Waals surface area contributed by atoms with Crippen molar-refractivity contribution < 1.29 is 19.1 Å². The minimum absolute atomic E-state index is 0.0727. The van der Waals surface area contributed by atoms with Gasteiger partial charge in [0, 0.05) is 6.54 Å². The van der Waals surface area contributed by atoms with Crippen LogP contribution in [0.3, 0.4) is 0 Å². The van der Waals surface area contributed by atoms with E-state index in [9.17, 15) is 9.59 Å². The molecule has 0 spiro atoms. The molecule has 0 aliphatic heterocycles. The average Bonchev–Trinajstić information content (AvgIpc) is 2.25. The van der Waals surface area contributed by atoms with Crippen LogP contribution in [0, 0.1) is 17.8 Å². The van der Waals surface area contributed by atoms with Gasteiger partial charge in [-0.2, -0.15) is 0 Å². The van der Waals surface area contributed by atoms with Crippen LogP contribution in [0.1, 0.15) is 41.0 Å². The Bertz CT molecular complexity index is 307. The Kier molecular flexibility index (Phi) is 7.05. The fourth-order valence-electron chi connectivity index (χ4n) is 1.89. The van der Waals surface area contributed by atoms with Crippen LogP contribution in [0.4, 0.5) is 0 Å². The minimum atomic E-state index is -0.651. The van der Waals surface area contributed by atoms with Gasteiger partial charge in [-0.25, -0.2) is 0 Å². The molecule has 0 unspecified atom stereocenters. The molecule has 0 bridgehead atoms. The highest BCUT2D eigenvalue weighted by Gasteiger charge is 2.36. The summed E-state index contributed by atoms with van der Waals surface area (Å²) < 4.78 is 10.1. The number of methoxy groups -OCH3 is 1. The van der Waals surface area contributed by atoms with E-state index in [1.165, 1.54) is 7.11 Å². The number of hydrogen-bond acceptors (Lipinski definition) is 5. The second kappa shape index (κ2) is 7.48. The fraction of sp³-hybridized carbons (Fsp3) is 0.857. The van der Waals surface area contributed by atoms with E-state index in [1.807, 2.05) is 13.8 Å². The van der Waals surface area contributed by atoms with Gasteiger partial charge in [0.2, 0.25) is 0 Å². The average molecular weight is 273 g/mol. The van der Waals surface area contributed by atoms with Crippen LogP contribution >= 0.6 is 0 Å². The predicted molar refractivity (Wildman–Crippen MR) is 73.4 cm³/mol. The number of carbonyl (C=O) groups excluding carboxylic acids is 2. The summed E-state index contributed by atoms with van der Waals surface area (Å²) in [5.74, 6) is -1.80. The zero-order valence-electron chi connectivity index (χ0n) is 12.9. The first kappa shape index (κ1) is 17.9. The van der Waals surface area contributed by atoms with Crippen LogP contribution in [0.15, 0.2) is 0 Å². The van der Waals surface area contributed by atoms with E-state index in [4.69, 9.17) is 15.2 Å². The molecule has 0 heterocycles.